The third-order valence-electron chi connectivity index (χ3n) is 4.75. The van der Waals surface area contributed by atoms with E-state index >= 15 is 0 Å². The number of morpholine rings is 1. The van der Waals surface area contributed by atoms with Crippen LogP contribution in [0.3, 0.4) is 0 Å². The van der Waals surface area contributed by atoms with E-state index in [4.69, 9.17) is 9.47 Å². The number of carbonyl (C=O) groups excluding carboxylic acids is 2. The summed E-state index contributed by atoms with van der Waals surface area (Å²) in [6.45, 7) is 8.16. The number of carbonyl (C=O) groups is 2. The molecule has 2 aliphatic rings. The van der Waals surface area contributed by atoms with Crippen LogP contribution < -0.4 is 10.6 Å². The minimum Gasteiger partial charge on any atom is -0.379 e. The van der Waals surface area contributed by atoms with Gasteiger partial charge in [0.25, 0.3) is 5.91 Å². The van der Waals surface area contributed by atoms with Gasteiger partial charge in [0, 0.05) is 25.2 Å². The molecule has 0 aliphatic carbocycles. The summed E-state index contributed by atoms with van der Waals surface area (Å²) in [4.78, 5) is 26.1. The summed E-state index contributed by atoms with van der Waals surface area (Å²) in [6, 6.07) is 7.38. The zero-order valence-corrected chi connectivity index (χ0v) is 14.8. The van der Waals surface area contributed by atoms with E-state index in [1.807, 2.05) is 12.1 Å². The molecular formula is C19H25N3O4. The zero-order valence-electron chi connectivity index (χ0n) is 14.8. The van der Waals surface area contributed by atoms with Crippen LogP contribution in [0.4, 0.5) is 0 Å². The number of benzene rings is 1. The Morgan fingerprint density at radius 1 is 1.15 bits per heavy atom. The monoisotopic (exact) mass is 359 g/mol. The van der Waals surface area contributed by atoms with Crippen molar-refractivity contribution in [2.45, 2.75) is 18.6 Å². The van der Waals surface area contributed by atoms with Crippen LogP contribution in [0.15, 0.2) is 36.9 Å². The first-order chi connectivity index (χ1) is 12.7. The van der Waals surface area contributed by atoms with Gasteiger partial charge in [-0.05, 0) is 23.8 Å². The summed E-state index contributed by atoms with van der Waals surface area (Å²) >= 11 is 0. The molecule has 0 unspecified atom stereocenters. The lowest BCUT2D eigenvalue weighted by atomic mass is 10.1. The molecule has 7 nitrogen and oxygen atoms in total. The van der Waals surface area contributed by atoms with Crippen molar-refractivity contribution in [1.29, 1.82) is 0 Å². The standard InChI is InChI=1S/C19H25N3O4/c1-2-18(23)20-11-14-3-5-15(6-4-14)19(24)21-16-12-26-13-17(16)22-7-9-25-10-8-22/h2-6,16-17H,1,7-13H2,(H,20,23)(H,21,24)/t16-,17-/m1/s1. The fraction of sp³-hybridized carbons (Fsp3) is 0.474. The van der Waals surface area contributed by atoms with Crippen LogP contribution in [0.25, 0.3) is 0 Å². The Kier molecular flexibility index (Phi) is 6.38. The molecule has 0 spiro atoms. The van der Waals surface area contributed by atoms with Crippen molar-refractivity contribution >= 4 is 11.8 Å². The maximum atomic E-state index is 12.6. The summed E-state index contributed by atoms with van der Waals surface area (Å²) in [5.41, 5.74) is 1.52. The lowest BCUT2D eigenvalue weighted by Crippen LogP contribution is -2.54. The van der Waals surface area contributed by atoms with E-state index in [0.29, 0.717) is 25.3 Å². The van der Waals surface area contributed by atoms with E-state index in [1.54, 1.807) is 12.1 Å². The van der Waals surface area contributed by atoms with Gasteiger partial charge in [0.05, 0.1) is 38.5 Å². The fourth-order valence-corrected chi connectivity index (χ4v) is 3.24. The van der Waals surface area contributed by atoms with Gasteiger partial charge in [-0.3, -0.25) is 14.5 Å². The van der Waals surface area contributed by atoms with Crippen molar-refractivity contribution in [3.8, 4) is 0 Å². The van der Waals surface area contributed by atoms with Crippen LogP contribution in [-0.4, -0.2) is 68.3 Å². The minimum absolute atomic E-state index is 0.0212. The molecule has 26 heavy (non-hydrogen) atoms. The molecule has 0 bridgehead atoms. The largest absolute Gasteiger partial charge is 0.379 e. The normalized spacial score (nSPS) is 23.4. The lowest BCUT2D eigenvalue weighted by Gasteiger charge is -2.34. The average Bonchev–Trinajstić information content (AvgIpc) is 3.15. The molecule has 2 amide bonds. The van der Waals surface area contributed by atoms with Crippen molar-refractivity contribution in [1.82, 2.24) is 15.5 Å². The molecule has 2 N–H and O–H groups in total. The van der Waals surface area contributed by atoms with E-state index in [1.165, 1.54) is 6.08 Å². The molecule has 2 heterocycles. The van der Waals surface area contributed by atoms with Gasteiger partial charge in [0.2, 0.25) is 5.91 Å². The number of rotatable bonds is 6. The second kappa shape index (κ2) is 8.93. The Morgan fingerprint density at radius 3 is 2.58 bits per heavy atom. The van der Waals surface area contributed by atoms with Crippen molar-refractivity contribution in [3.63, 3.8) is 0 Å². The number of amides is 2. The molecule has 3 rings (SSSR count). The Bertz CT molecular complexity index is 641. The first-order valence-corrected chi connectivity index (χ1v) is 8.87. The van der Waals surface area contributed by atoms with Gasteiger partial charge < -0.3 is 20.1 Å². The van der Waals surface area contributed by atoms with Crippen LogP contribution in [0.2, 0.25) is 0 Å². The van der Waals surface area contributed by atoms with Crippen molar-refractivity contribution in [2.24, 2.45) is 0 Å². The molecule has 2 fully saturated rings. The van der Waals surface area contributed by atoms with E-state index in [9.17, 15) is 9.59 Å². The number of hydrogen-bond acceptors (Lipinski definition) is 5. The molecule has 0 aromatic heterocycles. The first-order valence-electron chi connectivity index (χ1n) is 8.87. The second-order valence-corrected chi connectivity index (χ2v) is 6.45. The maximum Gasteiger partial charge on any atom is 0.251 e. The predicted octanol–water partition coefficient (Wildman–Crippen LogP) is 0.318. The number of nitrogens with zero attached hydrogens (tertiary/aromatic N) is 1. The molecule has 7 heteroatoms. The first kappa shape index (κ1) is 18.6. The molecule has 2 aliphatic heterocycles. The summed E-state index contributed by atoms with van der Waals surface area (Å²) in [6.07, 6.45) is 1.23. The highest BCUT2D eigenvalue weighted by Gasteiger charge is 2.34. The van der Waals surface area contributed by atoms with E-state index < -0.39 is 0 Å². The van der Waals surface area contributed by atoms with Gasteiger partial charge in [0.15, 0.2) is 0 Å². The van der Waals surface area contributed by atoms with Crippen molar-refractivity contribution in [3.05, 3.63) is 48.0 Å². The maximum absolute atomic E-state index is 12.6. The quantitative estimate of drug-likeness (QED) is 0.715. The SMILES string of the molecule is C=CC(=O)NCc1ccc(C(=O)N[C@@H]2COC[C@H]2N2CCOCC2)cc1. The molecular weight excluding hydrogens is 334 g/mol. The molecule has 140 valence electrons. The highest BCUT2D eigenvalue weighted by Crippen LogP contribution is 2.16. The minimum atomic E-state index is -0.220. The van der Waals surface area contributed by atoms with Crippen LogP contribution in [0, 0.1) is 0 Å². The van der Waals surface area contributed by atoms with Gasteiger partial charge in [-0.1, -0.05) is 18.7 Å². The fourth-order valence-electron chi connectivity index (χ4n) is 3.24. The number of ether oxygens (including phenoxy) is 2. The summed E-state index contributed by atoms with van der Waals surface area (Å²) in [5, 5.41) is 5.80. The van der Waals surface area contributed by atoms with Crippen molar-refractivity contribution in [2.75, 3.05) is 39.5 Å². The van der Waals surface area contributed by atoms with Crippen LogP contribution >= 0.6 is 0 Å². The Hall–Kier alpha value is -2.22. The third-order valence-corrected chi connectivity index (χ3v) is 4.75. The van der Waals surface area contributed by atoms with Crippen molar-refractivity contribution < 1.29 is 19.1 Å². The third kappa shape index (κ3) is 4.69. The predicted molar refractivity (Wildman–Crippen MR) is 96.7 cm³/mol. The Labute approximate surface area is 153 Å². The summed E-state index contributed by atoms with van der Waals surface area (Å²) in [5.74, 6) is -0.331. The zero-order chi connectivity index (χ0) is 18.4. The summed E-state index contributed by atoms with van der Waals surface area (Å²) in [7, 11) is 0. The van der Waals surface area contributed by atoms with Gasteiger partial charge in [-0.25, -0.2) is 0 Å². The number of hydrogen-bond donors (Lipinski definition) is 2. The highest BCUT2D eigenvalue weighted by atomic mass is 16.5. The van der Waals surface area contributed by atoms with E-state index in [-0.39, 0.29) is 23.9 Å². The topological polar surface area (TPSA) is 79.9 Å². The van der Waals surface area contributed by atoms with Crippen LogP contribution in [0.5, 0.6) is 0 Å². The molecule has 0 radical (unpaired) electrons. The molecule has 2 atom stereocenters. The van der Waals surface area contributed by atoms with Crippen LogP contribution in [-0.2, 0) is 20.8 Å². The van der Waals surface area contributed by atoms with E-state index in [2.05, 4.69) is 22.1 Å². The van der Waals surface area contributed by atoms with Gasteiger partial charge in [0.1, 0.15) is 0 Å². The van der Waals surface area contributed by atoms with Gasteiger partial charge in [-0.2, -0.15) is 0 Å². The molecule has 2 saturated heterocycles. The Balaban J connectivity index is 1.55. The van der Waals surface area contributed by atoms with Gasteiger partial charge in [-0.15, -0.1) is 0 Å². The number of nitrogens with one attached hydrogen (secondary N) is 2. The molecule has 0 saturated carbocycles. The van der Waals surface area contributed by atoms with Crippen LogP contribution in [0.1, 0.15) is 15.9 Å². The average molecular weight is 359 g/mol. The Morgan fingerprint density at radius 2 is 1.88 bits per heavy atom. The van der Waals surface area contributed by atoms with E-state index in [0.717, 1.165) is 31.9 Å². The molecule has 1 aromatic carbocycles. The highest BCUT2D eigenvalue weighted by molar-refractivity contribution is 5.94. The molecule has 1 aromatic rings. The lowest BCUT2D eigenvalue weighted by molar-refractivity contribution is -0.116. The second-order valence-electron chi connectivity index (χ2n) is 6.45. The smallest absolute Gasteiger partial charge is 0.251 e. The van der Waals surface area contributed by atoms with Gasteiger partial charge >= 0.3 is 0 Å². The summed E-state index contributed by atoms with van der Waals surface area (Å²) < 4.78 is 11.0.